The van der Waals surface area contributed by atoms with E-state index in [1.807, 2.05) is 48.9 Å². The molecule has 2 rings (SSSR count). The highest BCUT2D eigenvalue weighted by Gasteiger charge is 2.14. The summed E-state index contributed by atoms with van der Waals surface area (Å²) in [5, 5.41) is 2.93. The van der Waals surface area contributed by atoms with Crippen LogP contribution in [0.4, 0.5) is 0 Å². The van der Waals surface area contributed by atoms with E-state index < -0.39 is 0 Å². The average molecular weight is 370 g/mol. The van der Waals surface area contributed by atoms with Gasteiger partial charge in [0.05, 0.1) is 12.2 Å². The van der Waals surface area contributed by atoms with Crippen molar-refractivity contribution in [2.45, 2.75) is 59.1 Å². The molecule has 2 aromatic rings. The van der Waals surface area contributed by atoms with Crippen molar-refractivity contribution >= 4 is 5.91 Å². The molecule has 1 aromatic carbocycles. The standard InChI is InChI=1S/C22H30N2O3/c1-4-5-6-10-13-21(26)23-15-19-22(20(25)14-17(2)24(19)3)27-16-18-11-8-7-9-12-18/h7-9,11-12,14H,4-6,10,13,15-16H2,1-3H3,(H,23,26). The Labute approximate surface area is 161 Å². The van der Waals surface area contributed by atoms with Gasteiger partial charge >= 0.3 is 0 Å². The maximum atomic E-state index is 12.5. The Morgan fingerprint density at radius 1 is 1.15 bits per heavy atom. The number of nitrogens with one attached hydrogen (secondary N) is 1. The van der Waals surface area contributed by atoms with Crippen LogP contribution in [-0.2, 0) is 25.0 Å². The van der Waals surface area contributed by atoms with Crippen molar-refractivity contribution in [2.75, 3.05) is 0 Å². The minimum Gasteiger partial charge on any atom is -0.483 e. The zero-order valence-electron chi connectivity index (χ0n) is 16.6. The summed E-state index contributed by atoms with van der Waals surface area (Å²) in [6, 6.07) is 11.3. The summed E-state index contributed by atoms with van der Waals surface area (Å²) in [6.45, 7) is 4.62. The van der Waals surface area contributed by atoms with Gasteiger partial charge in [0.1, 0.15) is 6.61 Å². The van der Waals surface area contributed by atoms with Crippen molar-refractivity contribution < 1.29 is 9.53 Å². The molecule has 0 aliphatic heterocycles. The normalized spacial score (nSPS) is 10.6. The predicted octanol–water partition coefficient (Wildman–Crippen LogP) is 3.86. The van der Waals surface area contributed by atoms with E-state index in [1.54, 1.807) is 6.07 Å². The van der Waals surface area contributed by atoms with E-state index in [9.17, 15) is 9.59 Å². The molecule has 0 unspecified atom stereocenters. The number of unbranched alkanes of at least 4 members (excludes halogenated alkanes) is 3. The van der Waals surface area contributed by atoms with Crippen LogP contribution in [0.3, 0.4) is 0 Å². The lowest BCUT2D eigenvalue weighted by atomic mass is 10.1. The minimum absolute atomic E-state index is 0.00840. The maximum Gasteiger partial charge on any atom is 0.224 e. The van der Waals surface area contributed by atoms with E-state index >= 15 is 0 Å². The molecule has 0 bridgehead atoms. The number of nitrogens with zero attached hydrogens (tertiary/aromatic N) is 1. The molecule has 0 fully saturated rings. The Bertz CT molecular complexity index is 797. The van der Waals surface area contributed by atoms with Gasteiger partial charge in [0.2, 0.25) is 11.3 Å². The summed E-state index contributed by atoms with van der Waals surface area (Å²) in [5.41, 5.74) is 2.36. The molecule has 0 radical (unpaired) electrons. The molecule has 1 N–H and O–H groups in total. The summed E-state index contributed by atoms with van der Waals surface area (Å²) in [6.07, 6.45) is 4.77. The van der Waals surface area contributed by atoms with Crippen LogP contribution >= 0.6 is 0 Å². The lowest BCUT2D eigenvalue weighted by molar-refractivity contribution is -0.121. The lowest BCUT2D eigenvalue weighted by Gasteiger charge is -2.17. The van der Waals surface area contributed by atoms with Crippen molar-refractivity contribution in [3.05, 3.63) is 63.6 Å². The second kappa shape index (κ2) is 10.6. The van der Waals surface area contributed by atoms with Gasteiger partial charge in [0.25, 0.3) is 0 Å². The van der Waals surface area contributed by atoms with E-state index in [1.165, 1.54) is 0 Å². The summed E-state index contributed by atoms with van der Waals surface area (Å²) in [5.74, 6) is 0.312. The number of carbonyl (C=O) groups is 1. The van der Waals surface area contributed by atoms with Crippen LogP contribution in [0.25, 0.3) is 0 Å². The summed E-state index contributed by atoms with van der Waals surface area (Å²) in [4.78, 5) is 24.6. The first-order chi connectivity index (χ1) is 13.0. The molecule has 5 nitrogen and oxygen atoms in total. The second-order valence-corrected chi connectivity index (χ2v) is 6.85. The molecule has 0 saturated heterocycles. The first-order valence-electron chi connectivity index (χ1n) is 9.65. The summed E-state index contributed by atoms with van der Waals surface area (Å²) in [7, 11) is 1.88. The van der Waals surface area contributed by atoms with Gasteiger partial charge in [0.15, 0.2) is 5.75 Å². The van der Waals surface area contributed by atoms with Gasteiger partial charge < -0.3 is 14.6 Å². The fourth-order valence-electron chi connectivity index (χ4n) is 2.93. The Kier molecular flexibility index (Phi) is 8.11. The Morgan fingerprint density at radius 2 is 1.89 bits per heavy atom. The average Bonchev–Trinajstić information content (AvgIpc) is 2.67. The first kappa shape index (κ1) is 20.7. The number of benzene rings is 1. The third-order valence-corrected chi connectivity index (χ3v) is 4.70. The summed E-state index contributed by atoms with van der Waals surface area (Å²) >= 11 is 0. The van der Waals surface area contributed by atoms with E-state index in [0.717, 1.165) is 36.9 Å². The predicted molar refractivity (Wildman–Crippen MR) is 108 cm³/mol. The van der Waals surface area contributed by atoms with Gasteiger partial charge in [-0.2, -0.15) is 0 Å². The number of carbonyl (C=O) groups excluding carboxylic acids is 1. The fraction of sp³-hybridized carbons (Fsp3) is 0.455. The second-order valence-electron chi connectivity index (χ2n) is 6.85. The van der Waals surface area contributed by atoms with Crippen LogP contribution in [0, 0.1) is 6.92 Å². The number of pyridine rings is 1. The number of rotatable bonds is 10. The van der Waals surface area contributed by atoms with Crippen LogP contribution < -0.4 is 15.5 Å². The molecule has 0 saturated carbocycles. The van der Waals surface area contributed by atoms with E-state index in [4.69, 9.17) is 4.74 Å². The summed E-state index contributed by atoms with van der Waals surface area (Å²) < 4.78 is 7.75. The first-order valence-corrected chi connectivity index (χ1v) is 9.65. The Morgan fingerprint density at radius 3 is 2.59 bits per heavy atom. The highest BCUT2D eigenvalue weighted by molar-refractivity contribution is 5.75. The quantitative estimate of drug-likeness (QED) is 0.646. The van der Waals surface area contributed by atoms with Crippen LogP contribution in [-0.4, -0.2) is 10.5 Å². The molecule has 0 spiro atoms. The Balaban J connectivity index is 2.07. The molecule has 146 valence electrons. The number of hydrogen-bond acceptors (Lipinski definition) is 3. The molecule has 1 aromatic heterocycles. The highest BCUT2D eigenvalue weighted by Crippen LogP contribution is 2.16. The molecular formula is C22H30N2O3. The van der Waals surface area contributed by atoms with Crippen molar-refractivity contribution in [3.8, 4) is 5.75 Å². The number of hydrogen-bond donors (Lipinski definition) is 1. The van der Waals surface area contributed by atoms with Gasteiger partial charge in [-0.15, -0.1) is 0 Å². The van der Waals surface area contributed by atoms with Crippen molar-refractivity contribution in [1.29, 1.82) is 0 Å². The van der Waals surface area contributed by atoms with Crippen molar-refractivity contribution in [3.63, 3.8) is 0 Å². The number of amides is 1. The lowest BCUT2D eigenvalue weighted by Crippen LogP contribution is -2.27. The molecule has 0 aliphatic rings. The third kappa shape index (κ3) is 6.27. The maximum absolute atomic E-state index is 12.5. The van der Waals surface area contributed by atoms with Gasteiger partial charge in [0, 0.05) is 25.2 Å². The molecule has 0 aliphatic carbocycles. The molecule has 5 heteroatoms. The van der Waals surface area contributed by atoms with Gasteiger partial charge in [-0.3, -0.25) is 9.59 Å². The van der Waals surface area contributed by atoms with Crippen LogP contribution in [0.15, 0.2) is 41.2 Å². The fourth-order valence-corrected chi connectivity index (χ4v) is 2.93. The molecule has 0 atom stereocenters. The molecule has 1 amide bonds. The molecule has 1 heterocycles. The monoisotopic (exact) mass is 370 g/mol. The van der Waals surface area contributed by atoms with Gasteiger partial charge in [-0.05, 0) is 18.9 Å². The van der Waals surface area contributed by atoms with Crippen molar-refractivity contribution in [1.82, 2.24) is 9.88 Å². The minimum atomic E-state index is -0.159. The number of ether oxygens (including phenoxy) is 1. The van der Waals surface area contributed by atoms with Gasteiger partial charge in [-0.25, -0.2) is 0 Å². The van der Waals surface area contributed by atoms with Crippen LogP contribution in [0.1, 0.15) is 56.0 Å². The number of aryl methyl sites for hydroxylation is 1. The topological polar surface area (TPSA) is 60.3 Å². The Hall–Kier alpha value is -2.56. The van der Waals surface area contributed by atoms with Gasteiger partial charge in [-0.1, -0.05) is 56.5 Å². The zero-order valence-corrected chi connectivity index (χ0v) is 16.6. The van der Waals surface area contributed by atoms with Crippen molar-refractivity contribution in [2.24, 2.45) is 7.05 Å². The van der Waals surface area contributed by atoms with E-state index in [2.05, 4.69) is 12.2 Å². The molecule has 27 heavy (non-hydrogen) atoms. The van der Waals surface area contributed by atoms with Crippen LogP contribution in [0.5, 0.6) is 5.75 Å². The van der Waals surface area contributed by atoms with E-state index in [0.29, 0.717) is 24.5 Å². The SMILES string of the molecule is CCCCCCC(=O)NCc1c(OCc2ccccc2)c(=O)cc(C)n1C. The molecular weight excluding hydrogens is 340 g/mol. The zero-order chi connectivity index (χ0) is 19.6. The highest BCUT2D eigenvalue weighted by atomic mass is 16.5. The smallest absolute Gasteiger partial charge is 0.224 e. The largest absolute Gasteiger partial charge is 0.483 e. The van der Waals surface area contributed by atoms with Crippen LogP contribution in [0.2, 0.25) is 0 Å². The van der Waals surface area contributed by atoms with E-state index in [-0.39, 0.29) is 17.9 Å². The third-order valence-electron chi connectivity index (χ3n) is 4.70. The number of aromatic nitrogens is 1.